The maximum atomic E-state index is 12.2. The van der Waals surface area contributed by atoms with Crippen LogP contribution in [0.1, 0.15) is 20.8 Å². The summed E-state index contributed by atoms with van der Waals surface area (Å²) in [5, 5.41) is 13.2. The number of aliphatic hydroxyl groups excluding tert-OH is 1. The molecule has 1 aliphatic rings. The molecule has 0 spiro atoms. The highest BCUT2D eigenvalue weighted by atomic mass is 16.5. The molecule has 1 aliphatic heterocycles. The first kappa shape index (κ1) is 14.8. The van der Waals surface area contributed by atoms with E-state index in [0.29, 0.717) is 18.3 Å². The Morgan fingerprint density at radius 1 is 1.40 bits per heavy atom. The number of β-amino-alcohol motifs (C(OH)–C–C–N with tert-alkyl or cyclic N) is 1. The molecule has 5 heteroatoms. The largest absolute Gasteiger partial charge is 0.479 e. The molecule has 0 fully saturated rings. The van der Waals surface area contributed by atoms with Gasteiger partial charge in [0.25, 0.3) is 5.91 Å². The Labute approximate surface area is 119 Å². The van der Waals surface area contributed by atoms with Gasteiger partial charge < -0.3 is 20.1 Å². The minimum atomic E-state index is -0.611. The van der Waals surface area contributed by atoms with Gasteiger partial charge in [0.2, 0.25) is 0 Å². The predicted octanol–water partition coefficient (Wildman–Crippen LogP) is 1.16. The highest BCUT2D eigenvalue weighted by molar-refractivity contribution is 5.99. The summed E-state index contributed by atoms with van der Waals surface area (Å²) in [6.07, 6.45) is -1.13. The van der Waals surface area contributed by atoms with Crippen molar-refractivity contribution in [1.29, 1.82) is 0 Å². The molecule has 0 bridgehead atoms. The second-order valence-corrected chi connectivity index (χ2v) is 5.39. The van der Waals surface area contributed by atoms with Crippen LogP contribution in [0, 0.1) is 0 Å². The average Bonchev–Trinajstić information content (AvgIpc) is 2.41. The minimum Gasteiger partial charge on any atom is -0.479 e. The summed E-state index contributed by atoms with van der Waals surface area (Å²) in [6.45, 7) is 6.49. The zero-order chi connectivity index (χ0) is 14.7. The summed E-state index contributed by atoms with van der Waals surface area (Å²) in [4.78, 5) is 13.8. The zero-order valence-electron chi connectivity index (χ0n) is 12.2. The Hall–Kier alpha value is -1.59. The van der Waals surface area contributed by atoms with Gasteiger partial charge in [-0.2, -0.15) is 0 Å². The molecule has 110 valence electrons. The lowest BCUT2D eigenvalue weighted by Gasteiger charge is -2.34. The summed E-state index contributed by atoms with van der Waals surface area (Å²) in [6, 6.07) is 7.70. The first-order chi connectivity index (χ1) is 9.49. The van der Waals surface area contributed by atoms with Crippen LogP contribution in [0.4, 0.5) is 5.69 Å². The molecule has 0 saturated carbocycles. The Morgan fingerprint density at radius 3 is 2.80 bits per heavy atom. The van der Waals surface area contributed by atoms with Gasteiger partial charge in [0.1, 0.15) is 5.75 Å². The van der Waals surface area contributed by atoms with Crippen molar-refractivity contribution in [3.8, 4) is 5.75 Å². The molecule has 20 heavy (non-hydrogen) atoms. The standard InChI is InChI=1S/C15H22N2O3/c1-10(2)16-8-12(18)9-17-13-6-4-5-7-14(13)20-11(3)15(17)19/h4-7,10-12,16,18H,8-9H2,1-3H3. The SMILES string of the molecule is CC(C)NCC(O)CN1C(=O)C(C)Oc2ccccc21. The van der Waals surface area contributed by atoms with E-state index in [9.17, 15) is 9.90 Å². The van der Waals surface area contributed by atoms with Crippen LogP contribution in [0.5, 0.6) is 5.75 Å². The molecule has 0 aliphatic carbocycles. The lowest BCUT2D eigenvalue weighted by atomic mass is 10.1. The summed E-state index contributed by atoms with van der Waals surface area (Å²) in [7, 11) is 0. The van der Waals surface area contributed by atoms with Crippen LogP contribution in [0.15, 0.2) is 24.3 Å². The number of carbonyl (C=O) groups excluding carboxylic acids is 1. The van der Waals surface area contributed by atoms with E-state index >= 15 is 0 Å². The van der Waals surface area contributed by atoms with Crippen LogP contribution in [0.2, 0.25) is 0 Å². The number of hydrogen-bond acceptors (Lipinski definition) is 4. The Balaban J connectivity index is 2.11. The van der Waals surface area contributed by atoms with Gasteiger partial charge in [0, 0.05) is 12.6 Å². The van der Waals surface area contributed by atoms with Crippen LogP contribution in [0.3, 0.4) is 0 Å². The fourth-order valence-electron chi connectivity index (χ4n) is 2.19. The lowest BCUT2D eigenvalue weighted by molar-refractivity contribution is -0.125. The van der Waals surface area contributed by atoms with Crippen molar-refractivity contribution in [3.63, 3.8) is 0 Å². The highest BCUT2D eigenvalue weighted by Gasteiger charge is 2.32. The molecule has 2 N–H and O–H groups in total. The third kappa shape index (κ3) is 3.29. The maximum Gasteiger partial charge on any atom is 0.267 e. The van der Waals surface area contributed by atoms with Crippen molar-refractivity contribution in [2.24, 2.45) is 0 Å². The van der Waals surface area contributed by atoms with E-state index in [0.717, 1.165) is 5.69 Å². The number of nitrogens with one attached hydrogen (secondary N) is 1. The third-order valence-electron chi connectivity index (χ3n) is 3.23. The topological polar surface area (TPSA) is 61.8 Å². The van der Waals surface area contributed by atoms with E-state index in [4.69, 9.17) is 4.74 Å². The fraction of sp³-hybridized carbons (Fsp3) is 0.533. The van der Waals surface area contributed by atoms with E-state index in [1.165, 1.54) is 0 Å². The molecule has 1 aromatic carbocycles. The molecule has 1 aromatic rings. The quantitative estimate of drug-likeness (QED) is 0.848. The number of fused-ring (bicyclic) bond motifs is 1. The average molecular weight is 278 g/mol. The summed E-state index contributed by atoms with van der Waals surface area (Å²) in [5.74, 6) is 0.566. The van der Waals surface area contributed by atoms with Crippen LogP contribution in [-0.2, 0) is 4.79 Å². The van der Waals surface area contributed by atoms with E-state index in [1.807, 2.05) is 38.1 Å². The second-order valence-electron chi connectivity index (χ2n) is 5.39. The van der Waals surface area contributed by atoms with Gasteiger partial charge >= 0.3 is 0 Å². The molecule has 0 aromatic heterocycles. The normalized spacial score (nSPS) is 19.8. The number of ether oxygens (including phenoxy) is 1. The Kier molecular flexibility index (Phi) is 4.62. The van der Waals surface area contributed by atoms with E-state index in [1.54, 1.807) is 11.8 Å². The number of nitrogens with zero attached hydrogens (tertiary/aromatic N) is 1. The Morgan fingerprint density at radius 2 is 2.10 bits per heavy atom. The van der Waals surface area contributed by atoms with Crippen LogP contribution >= 0.6 is 0 Å². The smallest absolute Gasteiger partial charge is 0.267 e. The molecular weight excluding hydrogens is 256 g/mol. The third-order valence-corrected chi connectivity index (χ3v) is 3.23. The Bertz CT molecular complexity index is 476. The fourth-order valence-corrected chi connectivity index (χ4v) is 2.19. The van der Waals surface area contributed by atoms with Crippen molar-refractivity contribution < 1.29 is 14.6 Å². The predicted molar refractivity (Wildman–Crippen MR) is 78.0 cm³/mol. The van der Waals surface area contributed by atoms with Gasteiger partial charge in [0.15, 0.2) is 6.10 Å². The molecule has 2 rings (SSSR count). The number of benzene rings is 1. The van der Waals surface area contributed by atoms with Crippen molar-refractivity contribution in [2.75, 3.05) is 18.0 Å². The van der Waals surface area contributed by atoms with E-state index < -0.39 is 12.2 Å². The number of hydrogen-bond donors (Lipinski definition) is 2. The van der Waals surface area contributed by atoms with Crippen LogP contribution < -0.4 is 15.0 Å². The number of carbonyl (C=O) groups is 1. The molecular formula is C15H22N2O3. The number of amides is 1. The summed E-state index contributed by atoms with van der Waals surface area (Å²) >= 11 is 0. The van der Waals surface area contributed by atoms with E-state index in [2.05, 4.69) is 5.32 Å². The molecule has 1 heterocycles. The van der Waals surface area contributed by atoms with E-state index in [-0.39, 0.29) is 12.5 Å². The second kappa shape index (κ2) is 6.24. The lowest BCUT2D eigenvalue weighted by Crippen LogP contribution is -2.49. The minimum absolute atomic E-state index is 0.118. The van der Waals surface area contributed by atoms with Gasteiger partial charge in [-0.1, -0.05) is 26.0 Å². The van der Waals surface area contributed by atoms with Crippen molar-refractivity contribution in [1.82, 2.24) is 5.32 Å². The van der Waals surface area contributed by atoms with Crippen molar-refractivity contribution in [3.05, 3.63) is 24.3 Å². The first-order valence-electron chi connectivity index (χ1n) is 6.97. The maximum absolute atomic E-state index is 12.2. The van der Waals surface area contributed by atoms with Gasteiger partial charge in [-0.15, -0.1) is 0 Å². The van der Waals surface area contributed by atoms with Gasteiger partial charge in [0.05, 0.1) is 18.3 Å². The molecule has 0 saturated heterocycles. The zero-order valence-corrected chi connectivity index (χ0v) is 12.2. The summed E-state index contributed by atoms with van der Waals surface area (Å²) in [5.41, 5.74) is 0.721. The molecule has 1 amide bonds. The highest BCUT2D eigenvalue weighted by Crippen LogP contribution is 2.33. The van der Waals surface area contributed by atoms with Gasteiger partial charge in [-0.3, -0.25) is 4.79 Å². The number of para-hydroxylation sites is 2. The monoisotopic (exact) mass is 278 g/mol. The van der Waals surface area contributed by atoms with Crippen LogP contribution in [-0.4, -0.2) is 42.4 Å². The molecule has 2 unspecified atom stereocenters. The van der Waals surface area contributed by atoms with Gasteiger partial charge in [-0.25, -0.2) is 0 Å². The van der Waals surface area contributed by atoms with Crippen molar-refractivity contribution in [2.45, 2.75) is 39.0 Å². The number of aliphatic hydroxyl groups is 1. The molecule has 0 radical (unpaired) electrons. The van der Waals surface area contributed by atoms with Crippen LogP contribution in [0.25, 0.3) is 0 Å². The first-order valence-corrected chi connectivity index (χ1v) is 6.97. The summed E-state index contributed by atoms with van der Waals surface area (Å²) < 4.78 is 5.57. The van der Waals surface area contributed by atoms with Gasteiger partial charge in [-0.05, 0) is 19.1 Å². The number of rotatable bonds is 5. The molecule has 5 nitrogen and oxygen atoms in total. The molecule has 2 atom stereocenters. The van der Waals surface area contributed by atoms with Crippen molar-refractivity contribution >= 4 is 11.6 Å². The number of anilines is 1.